The molecule has 98 valence electrons. The molecule has 1 heterocycles. The van der Waals surface area contributed by atoms with Crippen LogP contribution in [0.5, 0.6) is 0 Å². The van der Waals surface area contributed by atoms with Crippen molar-refractivity contribution in [2.45, 2.75) is 32.7 Å². The fraction of sp³-hybridized carbons (Fsp3) is 0.429. The van der Waals surface area contributed by atoms with Crippen LogP contribution in [0.4, 0.5) is 0 Å². The number of rotatable bonds is 5. The normalized spacial score (nSPS) is 14.9. The Morgan fingerprint density at radius 3 is 2.83 bits per heavy atom. The van der Waals surface area contributed by atoms with Gasteiger partial charge in [-0.15, -0.1) is 0 Å². The summed E-state index contributed by atoms with van der Waals surface area (Å²) < 4.78 is 5.84. The van der Waals surface area contributed by atoms with Gasteiger partial charge in [-0.05, 0) is 36.6 Å². The Labute approximate surface area is 112 Å². The van der Waals surface area contributed by atoms with Gasteiger partial charge in [0.2, 0.25) is 0 Å². The lowest BCUT2D eigenvalue weighted by atomic mass is 9.95. The summed E-state index contributed by atoms with van der Waals surface area (Å²) in [5, 5.41) is 1.73. The van der Waals surface area contributed by atoms with Crippen LogP contribution in [0.25, 0.3) is 11.0 Å². The average Bonchev–Trinajstić information content (AvgIpc) is 2.72. The van der Waals surface area contributed by atoms with E-state index in [1.807, 2.05) is 24.3 Å². The molecule has 2 aromatic rings. The summed E-state index contributed by atoms with van der Waals surface area (Å²) in [6, 6.07) is 7.67. The van der Waals surface area contributed by atoms with Crippen LogP contribution in [-0.4, -0.2) is 0 Å². The van der Waals surface area contributed by atoms with E-state index in [0.717, 1.165) is 29.6 Å². The molecule has 1 aromatic heterocycles. The Bertz CT molecular complexity index is 523. The minimum Gasteiger partial charge on any atom is -0.459 e. The maximum Gasteiger partial charge on any atom is 0.134 e. The molecule has 1 aromatic carbocycles. The number of benzene rings is 1. The minimum atomic E-state index is 0.0381. The molecule has 0 aliphatic carbocycles. The zero-order chi connectivity index (χ0) is 13.1. The van der Waals surface area contributed by atoms with E-state index in [2.05, 4.69) is 19.3 Å². The fourth-order valence-electron chi connectivity index (χ4n) is 2.34. The van der Waals surface area contributed by atoms with Crippen molar-refractivity contribution in [1.82, 2.24) is 5.43 Å². The topological polar surface area (TPSA) is 51.2 Å². The van der Waals surface area contributed by atoms with E-state index < -0.39 is 0 Å². The zero-order valence-electron chi connectivity index (χ0n) is 10.7. The highest BCUT2D eigenvalue weighted by Crippen LogP contribution is 2.31. The predicted molar refractivity (Wildman–Crippen MR) is 75.4 cm³/mol. The van der Waals surface area contributed by atoms with Crippen LogP contribution >= 0.6 is 11.6 Å². The highest BCUT2D eigenvalue weighted by atomic mass is 35.5. The molecule has 3 N–H and O–H groups in total. The van der Waals surface area contributed by atoms with Crippen LogP contribution in [0.15, 0.2) is 28.7 Å². The van der Waals surface area contributed by atoms with E-state index in [9.17, 15) is 0 Å². The molecular weight excluding hydrogens is 248 g/mol. The molecule has 3 nitrogen and oxygen atoms in total. The molecule has 18 heavy (non-hydrogen) atoms. The number of nitrogens with two attached hydrogens (primary N) is 1. The van der Waals surface area contributed by atoms with Gasteiger partial charge < -0.3 is 4.42 Å². The molecule has 0 saturated carbocycles. The second kappa shape index (κ2) is 5.74. The van der Waals surface area contributed by atoms with Crippen molar-refractivity contribution in [3.05, 3.63) is 35.0 Å². The van der Waals surface area contributed by atoms with Crippen molar-refractivity contribution >= 4 is 22.6 Å². The molecule has 0 saturated heterocycles. The lowest BCUT2D eigenvalue weighted by molar-refractivity contribution is 0.321. The minimum absolute atomic E-state index is 0.0381. The van der Waals surface area contributed by atoms with Gasteiger partial charge in [-0.3, -0.25) is 5.84 Å². The Hall–Kier alpha value is -1.03. The summed E-state index contributed by atoms with van der Waals surface area (Å²) in [7, 11) is 0. The number of hydrogen-bond donors (Lipinski definition) is 2. The smallest absolute Gasteiger partial charge is 0.134 e. The quantitative estimate of drug-likeness (QED) is 0.635. The molecule has 0 aliphatic heterocycles. The molecule has 2 atom stereocenters. The van der Waals surface area contributed by atoms with Crippen LogP contribution in [0.3, 0.4) is 0 Å². The molecule has 0 aliphatic rings. The third-order valence-corrected chi connectivity index (χ3v) is 3.53. The van der Waals surface area contributed by atoms with Crippen molar-refractivity contribution < 1.29 is 4.42 Å². The van der Waals surface area contributed by atoms with Gasteiger partial charge in [0.15, 0.2) is 0 Å². The molecule has 0 amide bonds. The average molecular weight is 267 g/mol. The zero-order valence-corrected chi connectivity index (χ0v) is 11.5. The third kappa shape index (κ3) is 2.69. The Kier molecular flexibility index (Phi) is 4.27. The summed E-state index contributed by atoms with van der Waals surface area (Å²) in [5.41, 5.74) is 3.70. The molecule has 0 radical (unpaired) electrons. The number of fused-ring (bicyclic) bond motifs is 1. The van der Waals surface area contributed by atoms with Gasteiger partial charge >= 0.3 is 0 Å². The summed E-state index contributed by atoms with van der Waals surface area (Å²) in [6.45, 7) is 4.34. The first-order valence-electron chi connectivity index (χ1n) is 6.30. The Morgan fingerprint density at radius 2 is 2.17 bits per heavy atom. The second-order valence-electron chi connectivity index (χ2n) is 4.74. The van der Waals surface area contributed by atoms with Crippen LogP contribution in [0, 0.1) is 5.92 Å². The first-order chi connectivity index (χ1) is 8.65. The highest BCUT2D eigenvalue weighted by Gasteiger charge is 2.21. The third-order valence-electron chi connectivity index (χ3n) is 3.30. The first kappa shape index (κ1) is 13.4. The van der Waals surface area contributed by atoms with E-state index in [4.69, 9.17) is 21.9 Å². The van der Waals surface area contributed by atoms with Gasteiger partial charge in [0, 0.05) is 10.4 Å². The van der Waals surface area contributed by atoms with Crippen molar-refractivity contribution in [3.8, 4) is 0 Å². The standard InChI is InChI=1S/C14H19ClN2O/c1-3-4-9(2)14(17-16)13-8-10-7-11(15)5-6-12(10)18-13/h5-9,14,17H,3-4,16H2,1-2H3. The van der Waals surface area contributed by atoms with E-state index in [-0.39, 0.29) is 6.04 Å². The Morgan fingerprint density at radius 1 is 1.39 bits per heavy atom. The van der Waals surface area contributed by atoms with Crippen LogP contribution in [-0.2, 0) is 0 Å². The van der Waals surface area contributed by atoms with Gasteiger partial charge in [0.05, 0.1) is 6.04 Å². The van der Waals surface area contributed by atoms with E-state index in [0.29, 0.717) is 10.9 Å². The number of furan rings is 1. The lowest BCUT2D eigenvalue weighted by Crippen LogP contribution is -2.32. The monoisotopic (exact) mass is 266 g/mol. The number of nitrogens with one attached hydrogen (secondary N) is 1. The maximum atomic E-state index is 5.97. The fourth-order valence-corrected chi connectivity index (χ4v) is 2.52. The van der Waals surface area contributed by atoms with Crippen molar-refractivity contribution in [3.63, 3.8) is 0 Å². The molecule has 4 heteroatoms. The molecule has 2 rings (SSSR count). The summed E-state index contributed by atoms with van der Waals surface area (Å²) in [4.78, 5) is 0. The van der Waals surface area contributed by atoms with Gasteiger partial charge in [0.25, 0.3) is 0 Å². The number of hydrogen-bond acceptors (Lipinski definition) is 3. The lowest BCUT2D eigenvalue weighted by Gasteiger charge is -2.20. The molecule has 0 fully saturated rings. The van der Waals surface area contributed by atoms with Gasteiger partial charge in [-0.2, -0.15) is 0 Å². The molecule has 2 unspecified atom stereocenters. The Balaban J connectivity index is 2.33. The molecular formula is C14H19ClN2O. The predicted octanol–water partition coefficient (Wildman–Crippen LogP) is 4.03. The van der Waals surface area contributed by atoms with E-state index in [1.165, 1.54) is 0 Å². The largest absolute Gasteiger partial charge is 0.459 e. The summed E-state index contributed by atoms with van der Waals surface area (Å²) >= 11 is 5.97. The van der Waals surface area contributed by atoms with Crippen molar-refractivity contribution in [2.24, 2.45) is 11.8 Å². The van der Waals surface area contributed by atoms with Crippen LogP contribution in [0.2, 0.25) is 5.02 Å². The molecule has 0 spiro atoms. The SMILES string of the molecule is CCCC(C)C(NN)c1cc2cc(Cl)ccc2o1. The van der Waals surface area contributed by atoms with Crippen molar-refractivity contribution in [1.29, 1.82) is 0 Å². The first-order valence-corrected chi connectivity index (χ1v) is 6.68. The van der Waals surface area contributed by atoms with Crippen molar-refractivity contribution in [2.75, 3.05) is 0 Å². The summed E-state index contributed by atoms with van der Waals surface area (Å²) in [6.07, 6.45) is 2.23. The maximum absolute atomic E-state index is 5.97. The number of halogens is 1. The molecule has 0 bridgehead atoms. The van der Waals surface area contributed by atoms with Gasteiger partial charge in [-0.1, -0.05) is 31.9 Å². The van der Waals surface area contributed by atoms with E-state index >= 15 is 0 Å². The van der Waals surface area contributed by atoms with Gasteiger partial charge in [-0.25, -0.2) is 5.43 Å². The summed E-state index contributed by atoms with van der Waals surface area (Å²) in [5.74, 6) is 6.95. The van der Waals surface area contributed by atoms with Gasteiger partial charge in [0.1, 0.15) is 11.3 Å². The van der Waals surface area contributed by atoms with E-state index in [1.54, 1.807) is 0 Å². The number of hydrazine groups is 1. The van der Waals surface area contributed by atoms with Crippen LogP contribution in [0.1, 0.15) is 38.5 Å². The van der Waals surface area contributed by atoms with Crippen LogP contribution < -0.4 is 11.3 Å². The second-order valence-corrected chi connectivity index (χ2v) is 5.18. The highest BCUT2D eigenvalue weighted by molar-refractivity contribution is 6.31.